The van der Waals surface area contributed by atoms with Crippen molar-refractivity contribution in [2.75, 3.05) is 37.9 Å². The molecule has 0 bridgehead atoms. The summed E-state index contributed by atoms with van der Waals surface area (Å²) in [7, 11) is 1.67. The van der Waals surface area contributed by atoms with Gasteiger partial charge in [-0.05, 0) is 28.9 Å². The van der Waals surface area contributed by atoms with E-state index in [-0.39, 0.29) is 11.3 Å². The fourth-order valence-electron chi connectivity index (χ4n) is 3.20. The van der Waals surface area contributed by atoms with Gasteiger partial charge in [0.1, 0.15) is 5.82 Å². The van der Waals surface area contributed by atoms with Crippen molar-refractivity contribution in [1.29, 1.82) is 0 Å². The molecule has 0 unspecified atom stereocenters. The Labute approximate surface area is 193 Å². The van der Waals surface area contributed by atoms with Crippen LogP contribution < -0.4 is 10.6 Å². The number of hydrogen-bond acceptors (Lipinski definition) is 7. The number of methoxy groups -OCH3 is 1. The SMILES string of the molecule is CCSc1nc(NCCOC)c2cnn(CCNC(=O)c3ccc(C(C)(C)C)cc3)c2n1. The summed E-state index contributed by atoms with van der Waals surface area (Å²) in [6.07, 6.45) is 1.76. The van der Waals surface area contributed by atoms with Crippen LogP contribution in [0.5, 0.6) is 0 Å². The van der Waals surface area contributed by atoms with Crippen molar-refractivity contribution in [2.24, 2.45) is 0 Å². The number of aromatic nitrogens is 4. The van der Waals surface area contributed by atoms with E-state index in [1.807, 2.05) is 24.3 Å². The van der Waals surface area contributed by atoms with Crippen LogP contribution in [0.3, 0.4) is 0 Å². The maximum absolute atomic E-state index is 12.5. The number of thioether (sulfide) groups is 1. The highest BCUT2D eigenvalue weighted by Crippen LogP contribution is 2.24. The van der Waals surface area contributed by atoms with E-state index in [4.69, 9.17) is 4.74 Å². The number of ether oxygens (including phenoxy) is 1. The second-order valence-electron chi connectivity index (χ2n) is 8.40. The minimum atomic E-state index is -0.0966. The fraction of sp³-hybridized carbons (Fsp3) is 0.478. The Kier molecular flexibility index (Phi) is 8.09. The van der Waals surface area contributed by atoms with Crippen molar-refractivity contribution in [3.63, 3.8) is 0 Å². The van der Waals surface area contributed by atoms with Crippen molar-refractivity contribution in [2.45, 2.75) is 44.8 Å². The molecule has 8 nitrogen and oxygen atoms in total. The minimum Gasteiger partial charge on any atom is -0.383 e. The Morgan fingerprint density at radius 2 is 1.91 bits per heavy atom. The molecule has 0 aliphatic heterocycles. The molecule has 0 aliphatic rings. The van der Waals surface area contributed by atoms with Crippen molar-refractivity contribution in [1.82, 2.24) is 25.1 Å². The molecule has 0 saturated carbocycles. The molecular formula is C23H32N6O2S. The average Bonchev–Trinajstić information content (AvgIpc) is 3.16. The van der Waals surface area contributed by atoms with Gasteiger partial charge in [0, 0.05) is 25.8 Å². The summed E-state index contributed by atoms with van der Waals surface area (Å²) in [6.45, 7) is 10.7. The molecule has 1 aromatic carbocycles. The number of hydrogen-bond donors (Lipinski definition) is 2. The Balaban J connectivity index is 1.68. The van der Waals surface area contributed by atoms with Crippen LogP contribution in [0, 0.1) is 0 Å². The summed E-state index contributed by atoms with van der Waals surface area (Å²) in [6, 6.07) is 7.77. The number of fused-ring (bicyclic) bond motifs is 1. The summed E-state index contributed by atoms with van der Waals surface area (Å²) < 4.78 is 6.93. The standard InChI is InChI=1S/C23H32N6O2S/c1-6-32-22-27-19(24-12-14-31-5)18-15-26-29(20(18)28-22)13-11-25-21(30)16-7-9-17(10-8-16)23(2,3)4/h7-10,15H,6,11-14H2,1-5H3,(H,25,30)(H,24,27,28). The van der Waals surface area contributed by atoms with Gasteiger partial charge < -0.3 is 15.4 Å². The molecule has 0 aliphatic carbocycles. The number of benzene rings is 1. The second kappa shape index (κ2) is 10.8. The molecule has 0 saturated heterocycles. The van der Waals surface area contributed by atoms with Gasteiger partial charge in [-0.3, -0.25) is 4.79 Å². The molecule has 0 radical (unpaired) electrons. The van der Waals surface area contributed by atoms with Crippen molar-refractivity contribution < 1.29 is 9.53 Å². The van der Waals surface area contributed by atoms with Gasteiger partial charge in [0.2, 0.25) is 0 Å². The van der Waals surface area contributed by atoms with E-state index in [9.17, 15) is 4.79 Å². The number of nitrogens with one attached hydrogen (secondary N) is 2. The third-order valence-electron chi connectivity index (χ3n) is 4.97. The Morgan fingerprint density at radius 1 is 1.16 bits per heavy atom. The van der Waals surface area contributed by atoms with E-state index in [0.29, 0.717) is 37.0 Å². The first-order valence-corrected chi connectivity index (χ1v) is 11.8. The van der Waals surface area contributed by atoms with E-state index in [1.54, 1.807) is 29.8 Å². The first kappa shape index (κ1) is 24.0. The van der Waals surface area contributed by atoms with Crippen LogP contribution in [0.2, 0.25) is 0 Å². The van der Waals surface area contributed by atoms with Crippen LogP contribution in [-0.2, 0) is 16.7 Å². The summed E-state index contributed by atoms with van der Waals surface area (Å²) >= 11 is 1.58. The van der Waals surface area contributed by atoms with Gasteiger partial charge in [0.15, 0.2) is 10.8 Å². The topological polar surface area (TPSA) is 94.0 Å². The lowest BCUT2D eigenvalue weighted by atomic mass is 9.87. The summed E-state index contributed by atoms with van der Waals surface area (Å²) in [5.41, 5.74) is 2.66. The summed E-state index contributed by atoms with van der Waals surface area (Å²) in [4.78, 5) is 21.8. The van der Waals surface area contributed by atoms with Crippen molar-refractivity contribution >= 4 is 34.5 Å². The zero-order valence-electron chi connectivity index (χ0n) is 19.4. The third kappa shape index (κ3) is 5.98. The predicted molar refractivity (Wildman–Crippen MR) is 130 cm³/mol. The second-order valence-corrected chi connectivity index (χ2v) is 9.63. The van der Waals surface area contributed by atoms with E-state index in [0.717, 1.165) is 22.6 Å². The van der Waals surface area contributed by atoms with Crippen LogP contribution in [0.25, 0.3) is 11.0 Å². The third-order valence-corrected chi connectivity index (χ3v) is 5.70. The largest absolute Gasteiger partial charge is 0.383 e. The molecule has 0 spiro atoms. The van der Waals surface area contributed by atoms with Crippen molar-refractivity contribution in [3.05, 3.63) is 41.6 Å². The zero-order valence-corrected chi connectivity index (χ0v) is 20.3. The van der Waals surface area contributed by atoms with Gasteiger partial charge >= 0.3 is 0 Å². The Morgan fingerprint density at radius 3 is 2.56 bits per heavy atom. The first-order valence-electron chi connectivity index (χ1n) is 10.8. The van der Waals surface area contributed by atoms with Gasteiger partial charge in [-0.2, -0.15) is 5.10 Å². The fourth-order valence-corrected chi connectivity index (χ4v) is 3.76. The number of nitrogens with zero attached hydrogens (tertiary/aromatic N) is 4. The van der Waals surface area contributed by atoms with E-state index in [1.165, 1.54) is 5.56 Å². The highest BCUT2D eigenvalue weighted by atomic mass is 32.2. The smallest absolute Gasteiger partial charge is 0.251 e. The molecule has 1 amide bonds. The Hall–Kier alpha value is -2.65. The number of anilines is 1. The van der Waals surface area contributed by atoms with Crippen LogP contribution >= 0.6 is 11.8 Å². The molecule has 172 valence electrons. The first-order chi connectivity index (χ1) is 15.3. The van der Waals surface area contributed by atoms with Gasteiger partial charge in [-0.25, -0.2) is 14.6 Å². The maximum Gasteiger partial charge on any atom is 0.251 e. The molecule has 3 rings (SSSR count). The average molecular weight is 457 g/mol. The Bertz CT molecular complexity index is 1040. The zero-order chi connectivity index (χ0) is 23.1. The number of carbonyl (C=O) groups is 1. The van der Waals surface area contributed by atoms with Crippen LogP contribution in [0.15, 0.2) is 35.6 Å². The van der Waals surface area contributed by atoms with Crippen LogP contribution in [0.4, 0.5) is 5.82 Å². The van der Waals surface area contributed by atoms with E-state index >= 15 is 0 Å². The highest BCUT2D eigenvalue weighted by molar-refractivity contribution is 7.99. The molecule has 2 heterocycles. The molecule has 9 heteroatoms. The molecule has 32 heavy (non-hydrogen) atoms. The molecule has 2 N–H and O–H groups in total. The predicted octanol–water partition coefficient (Wildman–Crippen LogP) is 3.72. The normalized spacial score (nSPS) is 11.7. The molecule has 3 aromatic rings. The van der Waals surface area contributed by atoms with E-state index in [2.05, 4.69) is 53.4 Å². The summed E-state index contributed by atoms with van der Waals surface area (Å²) in [5.74, 6) is 1.53. The molecular weight excluding hydrogens is 424 g/mol. The number of amides is 1. The lowest BCUT2D eigenvalue weighted by Crippen LogP contribution is -2.27. The van der Waals surface area contributed by atoms with E-state index < -0.39 is 0 Å². The van der Waals surface area contributed by atoms with Gasteiger partial charge in [-0.15, -0.1) is 0 Å². The van der Waals surface area contributed by atoms with Gasteiger partial charge in [-0.1, -0.05) is 51.6 Å². The molecule has 0 fully saturated rings. The lowest BCUT2D eigenvalue weighted by molar-refractivity contribution is 0.0952. The summed E-state index contributed by atoms with van der Waals surface area (Å²) in [5, 5.41) is 12.3. The van der Waals surface area contributed by atoms with Crippen LogP contribution in [-0.4, -0.2) is 58.2 Å². The van der Waals surface area contributed by atoms with Crippen LogP contribution in [0.1, 0.15) is 43.6 Å². The molecule has 2 aromatic heterocycles. The highest BCUT2D eigenvalue weighted by Gasteiger charge is 2.15. The quantitative estimate of drug-likeness (QED) is 0.273. The van der Waals surface area contributed by atoms with Gasteiger partial charge in [0.25, 0.3) is 5.91 Å². The minimum absolute atomic E-state index is 0.0597. The number of rotatable bonds is 10. The van der Waals surface area contributed by atoms with Gasteiger partial charge in [0.05, 0.1) is 24.7 Å². The van der Waals surface area contributed by atoms with Crippen molar-refractivity contribution in [3.8, 4) is 0 Å². The lowest BCUT2D eigenvalue weighted by Gasteiger charge is -2.19. The maximum atomic E-state index is 12.5. The number of carbonyl (C=O) groups excluding carboxylic acids is 1. The monoisotopic (exact) mass is 456 g/mol. The molecule has 0 atom stereocenters.